The van der Waals surface area contributed by atoms with Crippen LogP contribution in [0.5, 0.6) is 0 Å². The van der Waals surface area contributed by atoms with Crippen molar-refractivity contribution in [3.63, 3.8) is 0 Å². The lowest BCUT2D eigenvalue weighted by molar-refractivity contribution is -0.130. The van der Waals surface area contributed by atoms with Crippen LogP contribution >= 0.6 is 22.9 Å². The van der Waals surface area contributed by atoms with Crippen molar-refractivity contribution in [2.45, 2.75) is 44.9 Å². The Balaban J connectivity index is 1.18. The first-order valence-electron chi connectivity index (χ1n) is 11.1. The summed E-state index contributed by atoms with van der Waals surface area (Å²) in [6, 6.07) is 8.12. The van der Waals surface area contributed by atoms with E-state index >= 15 is 0 Å². The monoisotopic (exact) mass is 471 g/mol. The molecule has 0 saturated heterocycles. The molecule has 1 heterocycles. The van der Waals surface area contributed by atoms with Crippen molar-refractivity contribution in [2.75, 3.05) is 5.32 Å². The molecule has 0 unspecified atom stereocenters. The Morgan fingerprint density at radius 2 is 1.66 bits per heavy atom. The van der Waals surface area contributed by atoms with E-state index in [4.69, 9.17) is 11.6 Å². The van der Waals surface area contributed by atoms with Crippen molar-refractivity contribution in [2.24, 2.45) is 23.2 Å². The third-order valence-corrected chi connectivity index (χ3v) is 8.44. The normalized spacial score (nSPS) is 27.7. The molecule has 6 nitrogen and oxygen atoms in total. The van der Waals surface area contributed by atoms with Gasteiger partial charge in [0.15, 0.2) is 0 Å². The highest BCUT2D eigenvalue weighted by Gasteiger charge is 2.51. The summed E-state index contributed by atoms with van der Waals surface area (Å²) in [7, 11) is 0. The smallest absolute Gasteiger partial charge is 0.269 e. The van der Waals surface area contributed by atoms with Gasteiger partial charge in [-0.15, -0.1) is 11.3 Å². The Kier molecular flexibility index (Phi) is 5.72. The van der Waals surface area contributed by atoms with Gasteiger partial charge in [0.1, 0.15) is 0 Å². The number of hydrogen-bond donors (Lipinski definition) is 3. The van der Waals surface area contributed by atoms with Crippen LogP contribution < -0.4 is 16.2 Å². The van der Waals surface area contributed by atoms with Crippen molar-refractivity contribution < 1.29 is 14.4 Å². The van der Waals surface area contributed by atoms with E-state index < -0.39 is 5.91 Å². The summed E-state index contributed by atoms with van der Waals surface area (Å²) in [5.74, 6) is 1.46. The van der Waals surface area contributed by atoms with E-state index in [1.165, 1.54) is 36.7 Å². The van der Waals surface area contributed by atoms with Crippen molar-refractivity contribution >= 4 is 46.3 Å². The van der Waals surface area contributed by atoms with Crippen LogP contribution in [0.1, 0.15) is 65.0 Å². The van der Waals surface area contributed by atoms with E-state index in [-0.39, 0.29) is 17.2 Å². The predicted octanol–water partition coefficient (Wildman–Crippen LogP) is 5.02. The molecule has 4 aliphatic rings. The second kappa shape index (κ2) is 8.52. The maximum absolute atomic E-state index is 12.7. The maximum Gasteiger partial charge on any atom is 0.269 e. The van der Waals surface area contributed by atoms with E-state index in [9.17, 15) is 14.4 Å². The first-order chi connectivity index (χ1) is 15.4. The third-order valence-electron chi connectivity index (χ3n) is 7.24. The standard InChI is InChI=1S/C24H26ClN3O3S/c25-18-4-3-17(9-19(18)26-23(31)20-2-1-5-32-20)22(30)28-27-21(29)13-24-10-14-6-15(11-24)8-16(7-14)12-24/h1-5,9,14-16H,6-8,10-13H2,(H,26,31)(H,27,29)(H,28,30). The summed E-state index contributed by atoms with van der Waals surface area (Å²) >= 11 is 7.51. The van der Waals surface area contributed by atoms with Crippen molar-refractivity contribution in [3.8, 4) is 0 Å². The molecule has 1 aromatic heterocycles. The van der Waals surface area contributed by atoms with Crippen LogP contribution in [0.15, 0.2) is 35.7 Å². The number of hydrazine groups is 1. The number of carbonyl (C=O) groups excluding carboxylic acids is 3. The van der Waals surface area contributed by atoms with E-state index in [1.54, 1.807) is 24.3 Å². The van der Waals surface area contributed by atoms with Crippen molar-refractivity contribution in [3.05, 3.63) is 51.2 Å². The second-order valence-corrected chi connectivity index (χ2v) is 11.1. The second-order valence-electron chi connectivity index (χ2n) is 9.72. The summed E-state index contributed by atoms with van der Waals surface area (Å²) in [5, 5.41) is 4.87. The fraction of sp³-hybridized carbons (Fsp3) is 0.458. The summed E-state index contributed by atoms with van der Waals surface area (Å²) in [6.45, 7) is 0. The Labute approximate surface area is 196 Å². The maximum atomic E-state index is 12.7. The lowest BCUT2D eigenvalue weighted by Gasteiger charge is -2.56. The van der Waals surface area contributed by atoms with Gasteiger partial charge in [0.25, 0.3) is 11.8 Å². The number of anilines is 1. The molecule has 0 radical (unpaired) electrons. The molecule has 0 aliphatic heterocycles. The Morgan fingerprint density at radius 1 is 0.969 bits per heavy atom. The Morgan fingerprint density at radius 3 is 2.28 bits per heavy atom. The van der Waals surface area contributed by atoms with E-state index in [1.807, 2.05) is 5.38 Å². The SMILES string of the molecule is O=C(CC12CC3CC(CC(C3)C1)C2)NNC(=O)c1ccc(Cl)c(NC(=O)c2cccs2)c1. The van der Waals surface area contributed by atoms with Crippen LogP contribution in [-0.4, -0.2) is 17.7 Å². The predicted molar refractivity (Wildman–Crippen MR) is 125 cm³/mol. The molecule has 0 atom stereocenters. The summed E-state index contributed by atoms with van der Waals surface area (Å²) < 4.78 is 0. The number of amides is 3. The zero-order valence-corrected chi connectivity index (χ0v) is 19.2. The molecule has 6 rings (SSSR count). The molecule has 0 spiro atoms. The quantitative estimate of drug-likeness (QED) is 0.535. The summed E-state index contributed by atoms with van der Waals surface area (Å²) in [6.07, 6.45) is 7.90. The third kappa shape index (κ3) is 4.41. The first-order valence-corrected chi connectivity index (χ1v) is 12.4. The lowest BCUT2D eigenvalue weighted by Crippen LogP contribution is -2.50. The average molecular weight is 472 g/mol. The van der Waals surface area contributed by atoms with Gasteiger partial charge < -0.3 is 5.32 Å². The topological polar surface area (TPSA) is 87.3 Å². The number of carbonyl (C=O) groups is 3. The fourth-order valence-corrected chi connectivity index (χ4v) is 7.23. The van der Waals surface area contributed by atoms with Gasteiger partial charge in [0.2, 0.25) is 5.91 Å². The van der Waals surface area contributed by atoms with Gasteiger partial charge >= 0.3 is 0 Å². The molecular weight excluding hydrogens is 446 g/mol. The van der Waals surface area contributed by atoms with Crippen LogP contribution in [0.3, 0.4) is 0 Å². The molecule has 4 aliphatic carbocycles. The lowest BCUT2D eigenvalue weighted by atomic mass is 9.49. The van der Waals surface area contributed by atoms with Gasteiger partial charge in [-0.05, 0) is 91.3 Å². The van der Waals surface area contributed by atoms with Crippen molar-refractivity contribution in [1.82, 2.24) is 10.9 Å². The molecule has 2 aromatic rings. The fourth-order valence-electron chi connectivity index (χ4n) is 6.44. The number of hydrogen-bond acceptors (Lipinski definition) is 4. The van der Waals surface area contributed by atoms with Crippen LogP contribution in [0, 0.1) is 23.2 Å². The largest absolute Gasteiger partial charge is 0.320 e. The number of halogens is 1. The minimum atomic E-state index is -0.452. The minimum Gasteiger partial charge on any atom is -0.320 e. The van der Waals surface area contributed by atoms with Gasteiger partial charge in [-0.1, -0.05) is 17.7 Å². The number of rotatable bonds is 5. The molecule has 8 heteroatoms. The molecule has 32 heavy (non-hydrogen) atoms. The molecule has 4 fully saturated rings. The molecular formula is C24H26ClN3O3S. The number of thiophene rings is 1. The molecule has 168 valence electrons. The highest BCUT2D eigenvalue weighted by atomic mass is 35.5. The highest BCUT2D eigenvalue weighted by Crippen LogP contribution is 2.61. The van der Waals surface area contributed by atoms with Crippen LogP contribution in [0.2, 0.25) is 5.02 Å². The summed E-state index contributed by atoms with van der Waals surface area (Å²) in [5.41, 5.74) is 5.87. The molecule has 4 saturated carbocycles. The van der Waals surface area contributed by atoms with Gasteiger partial charge in [-0.2, -0.15) is 0 Å². The van der Waals surface area contributed by atoms with Crippen LogP contribution in [0.25, 0.3) is 0 Å². The average Bonchev–Trinajstić information content (AvgIpc) is 3.27. The molecule has 4 bridgehead atoms. The number of nitrogens with one attached hydrogen (secondary N) is 3. The molecule has 3 N–H and O–H groups in total. The van der Waals surface area contributed by atoms with Gasteiger partial charge in [-0.25, -0.2) is 0 Å². The van der Waals surface area contributed by atoms with E-state index in [2.05, 4.69) is 16.2 Å². The minimum absolute atomic E-state index is 0.114. The van der Waals surface area contributed by atoms with Crippen LogP contribution in [0.4, 0.5) is 5.69 Å². The van der Waals surface area contributed by atoms with Gasteiger partial charge in [0, 0.05) is 12.0 Å². The summed E-state index contributed by atoms with van der Waals surface area (Å²) in [4.78, 5) is 38.1. The Bertz CT molecular complexity index is 1020. The zero-order chi connectivity index (χ0) is 22.3. The van der Waals surface area contributed by atoms with E-state index in [0.717, 1.165) is 37.0 Å². The first kappa shape index (κ1) is 21.5. The zero-order valence-electron chi connectivity index (χ0n) is 17.7. The van der Waals surface area contributed by atoms with Gasteiger partial charge in [0.05, 0.1) is 15.6 Å². The molecule has 1 aromatic carbocycles. The van der Waals surface area contributed by atoms with Crippen molar-refractivity contribution in [1.29, 1.82) is 0 Å². The van der Waals surface area contributed by atoms with Gasteiger partial charge in [-0.3, -0.25) is 25.2 Å². The molecule has 3 amide bonds. The Hall–Kier alpha value is -2.38. The van der Waals surface area contributed by atoms with E-state index in [0.29, 0.717) is 27.6 Å². The highest BCUT2D eigenvalue weighted by molar-refractivity contribution is 7.12. The van der Waals surface area contributed by atoms with Crippen LogP contribution in [-0.2, 0) is 4.79 Å². The number of benzene rings is 1.